The van der Waals surface area contributed by atoms with E-state index in [9.17, 15) is 0 Å². The largest absolute Gasteiger partial charge is 0.456 e. The second-order valence-electron chi connectivity index (χ2n) is 5.92. The lowest BCUT2D eigenvalue weighted by Crippen LogP contribution is -2.26. The van der Waals surface area contributed by atoms with E-state index in [1.54, 1.807) is 0 Å². The van der Waals surface area contributed by atoms with Crippen molar-refractivity contribution < 1.29 is 4.42 Å². The summed E-state index contributed by atoms with van der Waals surface area (Å²) >= 11 is 0. The molecule has 1 aromatic heterocycles. The Balaban J connectivity index is 2.07. The van der Waals surface area contributed by atoms with Gasteiger partial charge in [-0.1, -0.05) is 54.6 Å². The molecule has 0 aliphatic heterocycles. The average molecular weight is 286 g/mol. The minimum atomic E-state index is 0.956. The Hall–Kier alpha value is -2.54. The highest BCUT2D eigenvalue weighted by molar-refractivity contribution is 5.84. The number of hydrogen-bond donors (Lipinski definition) is 0. The van der Waals surface area contributed by atoms with Crippen LogP contribution in [0.3, 0.4) is 0 Å². The second kappa shape index (κ2) is 5.03. The van der Waals surface area contributed by atoms with Crippen molar-refractivity contribution in [2.24, 2.45) is 0 Å². The summed E-state index contributed by atoms with van der Waals surface area (Å²) in [5, 5.41) is 2.45. The first-order chi connectivity index (χ1) is 10.7. The van der Waals surface area contributed by atoms with Crippen molar-refractivity contribution in [1.82, 2.24) is 0 Å². The van der Waals surface area contributed by atoms with Gasteiger partial charge in [0.2, 0.25) is 0 Å². The van der Waals surface area contributed by atoms with E-state index in [2.05, 4.69) is 61.2 Å². The maximum atomic E-state index is 6.24. The van der Waals surface area contributed by atoms with Gasteiger partial charge in [0.05, 0.1) is 0 Å². The molecule has 0 amide bonds. The molecule has 1 nitrogen and oxygen atoms in total. The first-order valence-corrected chi connectivity index (χ1v) is 7.71. The fourth-order valence-electron chi connectivity index (χ4n) is 3.20. The molecule has 0 radical (unpaired) electrons. The van der Waals surface area contributed by atoms with Crippen LogP contribution in [0.5, 0.6) is 0 Å². The highest BCUT2D eigenvalue weighted by Gasteiger charge is 2.13. The SMILES string of the molecule is C=C(C)c1ccc2c3c(oc2c1)=C(c1ccccc1)CCC=3. The third-order valence-corrected chi connectivity index (χ3v) is 4.36. The van der Waals surface area contributed by atoms with Crippen LogP contribution < -0.4 is 10.6 Å². The molecule has 0 N–H and O–H groups in total. The molecule has 0 saturated heterocycles. The molecule has 3 aromatic rings. The molecule has 0 spiro atoms. The van der Waals surface area contributed by atoms with Crippen molar-refractivity contribution in [1.29, 1.82) is 0 Å². The van der Waals surface area contributed by atoms with Crippen LogP contribution in [0.25, 0.3) is 28.2 Å². The standard InChI is InChI=1S/C21H18O/c1-14(2)16-11-12-18-19-10-6-9-17(15-7-4-3-5-8-15)21(19)22-20(18)13-16/h3-5,7-8,10-13H,1,6,9H2,2H3. The molecule has 108 valence electrons. The first-order valence-electron chi connectivity index (χ1n) is 7.71. The van der Waals surface area contributed by atoms with Gasteiger partial charge >= 0.3 is 0 Å². The molecule has 1 heterocycles. The summed E-state index contributed by atoms with van der Waals surface area (Å²) in [6.07, 6.45) is 4.40. The predicted molar refractivity (Wildman–Crippen MR) is 92.8 cm³/mol. The molecule has 4 rings (SSSR count). The number of benzene rings is 2. The van der Waals surface area contributed by atoms with Crippen molar-refractivity contribution in [2.45, 2.75) is 19.8 Å². The van der Waals surface area contributed by atoms with Crippen LogP contribution in [0.2, 0.25) is 0 Å². The zero-order chi connectivity index (χ0) is 15.1. The summed E-state index contributed by atoms with van der Waals surface area (Å²) in [6.45, 7) is 6.05. The third kappa shape index (κ3) is 2.01. The summed E-state index contributed by atoms with van der Waals surface area (Å²) in [5.41, 5.74) is 6.76. The van der Waals surface area contributed by atoms with E-state index in [0.29, 0.717) is 0 Å². The highest BCUT2D eigenvalue weighted by Crippen LogP contribution is 2.22. The van der Waals surface area contributed by atoms with Crippen LogP contribution in [0, 0.1) is 0 Å². The van der Waals surface area contributed by atoms with Gasteiger partial charge < -0.3 is 4.42 Å². The maximum absolute atomic E-state index is 6.24. The molecule has 0 bridgehead atoms. The normalized spacial score (nSPS) is 13.8. The van der Waals surface area contributed by atoms with Gasteiger partial charge in [-0.05, 0) is 43.0 Å². The van der Waals surface area contributed by atoms with Gasteiger partial charge in [0.15, 0.2) is 0 Å². The average Bonchev–Trinajstić information content (AvgIpc) is 2.93. The summed E-state index contributed by atoms with van der Waals surface area (Å²) in [6, 6.07) is 16.9. The smallest absolute Gasteiger partial charge is 0.138 e. The van der Waals surface area contributed by atoms with Crippen LogP contribution in [-0.4, -0.2) is 0 Å². The Bertz CT molecular complexity index is 988. The molecule has 2 aromatic carbocycles. The Morgan fingerprint density at radius 1 is 1.09 bits per heavy atom. The van der Waals surface area contributed by atoms with Crippen LogP contribution in [0.1, 0.15) is 30.9 Å². The van der Waals surface area contributed by atoms with E-state index in [0.717, 1.165) is 35.0 Å². The third-order valence-electron chi connectivity index (χ3n) is 4.36. The Labute approximate surface area is 129 Å². The molecule has 0 saturated carbocycles. The highest BCUT2D eigenvalue weighted by atomic mass is 16.3. The predicted octanol–water partition coefficient (Wildman–Crippen LogP) is 4.24. The van der Waals surface area contributed by atoms with Crippen molar-refractivity contribution in [3.63, 3.8) is 0 Å². The van der Waals surface area contributed by atoms with Crippen molar-refractivity contribution in [2.75, 3.05) is 0 Å². The Morgan fingerprint density at radius 3 is 2.68 bits per heavy atom. The lowest BCUT2D eigenvalue weighted by atomic mass is 9.96. The molecule has 0 fully saturated rings. The zero-order valence-electron chi connectivity index (χ0n) is 12.7. The molecule has 1 aliphatic rings. The molecule has 0 atom stereocenters. The lowest BCUT2D eigenvalue weighted by Gasteiger charge is -2.07. The topological polar surface area (TPSA) is 13.1 Å². The van der Waals surface area contributed by atoms with Crippen molar-refractivity contribution in [3.8, 4) is 0 Å². The van der Waals surface area contributed by atoms with Gasteiger partial charge in [-0.3, -0.25) is 0 Å². The number of hydrogen-bond acceptors (Lipinski definition) is 1. The monoisotopic (exact) mass is 286 g/mol. The summed E-state index contributed by atoms with van der Waals surface area (Å²) in [7, 11) is 0. The van der Waals surface area contributed by atoms with E-state index < -0.39 is 0 Å². The molecule has 1 heteroatoms. The molecule has 1 aliphatic carbocycles. The lowest BCUT2D eigenvalue weighted by molar-refractivity contribution is 0.568. The van der Waals surface area contributed by atoms with E-state index in [4.69, 9.17) is 4.42 Å². The van der Waals surface area contributed by atoms with Gasteiger partial charge in [-0.15, -0.1) is 0 Å². The number of furan rings is 1. The summed E-state index contributed by atoms with van der Waals surface area (Å²) in [4.78, 5) is 0. The van der Waals surface area contributed by atoms with Gasteiger partial charge in [0.1, 0.15) is 11.0 Å². The van der Waals surface area contributed by atoms with Crippen molar-refractivity contribution in [3.05, 3.63) is 76.9 Å². The molecular formula is C21H18O. The fraction of sp³-hybridized carbons (Fsp3) is 0.143. The van der Waals surface area contributed by atoms with Gasteiger partial charge in [0, 0.05) is 16.2 Å². The zero-order valence-corrected chi connectivity index (χ0v) is 12.7. The van der Waals surface area contributed by atoms with Crippen LogP contribution in [0.15, 0.2) is 59.5 Å². The van der Waals surface area contributed by atoms with Crippen LogP contribution in [-0.2, 0) is 0 Å². The van der Waals surface area contributed by atoms with Crippen molar-refractivity contribution >= 4 is 28.2 Å². The number of allylic oxidation sites excluding steroid dienone is 1. The van der Waals surface area contributed by atoms with Gasteiger partial charge in [-0.25, -0.2) is 0 Å². The Kier molecular flexibility index (Phi) is 3.00. The van der Waals surface area contributed by atoms with E-state index in [-0.39, 0.29) is 0 Å². The minimum Gasteiger partial charge on any atom is -0.456 e. The summed E-state index contributed by atoms with van der Waals surface area (Å²) < 4.78 is 6.24. The molecule has 0 unspecified atom stereocenters. The van der Waals surface area contributed by atoms with E-state index >= 15 is 0 Å². The second-order valence-corrected chi connectivity index (χ2v) is 5.92. The maximum Gasteiger partial charge on any atom is 0.138 e. The minimum absolute atomic E-state index is 0.956. The van der Waals surface area contributed by atoms with Crippen LogP contribution in [0.4, 0.5) is 0 Å². The summed E-state index contributed by atoms with van der Waals surface area (Å²) in [5.74, 6) is 0. The number of rotatable bonds is 2. The molecular weight excluding hydrogens is 268 g/mol. The fourth-order valence-corrected chi connectivity index (χ4v) is 3.20. The van der Waals surface area contributed by atoms with E-state index in [1.165, 1.54) is 21.7 Å². The first kappa shape index (κ1) is 13.1. The van der Waals surface area contributed by atoms with Gasteiger partial charge in [0.25, 0.3) is 0 Å². The Morgan fingerprint density at radius 2 is 1.91 bits per heavy atom. The number of fused-ring (bicyclic) bond motifs is 3. The van der Waals surface area contributed by atoms with E-state index in [1.807, 2.05) is 6.92 Å². The quantitative estimate of drug-likeness (QED) is 0.687. The van der Waals surface area contributed by atoms with Gasteiger partial charge in [-0.2, -0.15) is 0 Å². The van der Waals surface area contributed by atoms with Crippen LogP contribution >= 0.6 is 0 Å². The molecule has 22 heavy (non-hydrogen) atoms.